The molecule has 0 aliphatic carbocycles. The second kappa shape index (κ2) is 8.14. The first-order valence-electron chi connectivity index (χ1n) is 7.79. The van der Waals surface area contributed by atoms with Gasteiger partial charge in [0.2, 0.25) is 5.91 Å². The minimum absolute atomic E-state index is 0.0605. The van der Waals surface area contributed by atoms with E-state index in [1.165, 1.54) is 0 Å². The van der Waals surface area contributed by atoms with Gasteiger partial charge in [-0.05, 0) is 43.0 Å². The summed E-state index contributed by atoms with van der Waals surface area (Å²) in [5, 5.41) is 11.3. The molecule has 1 aliphatic rings. The zero-order valence-corrected chi connectivity index (χ0v) is 14.0. The van der Waals surface area contributed by atoms with Crippen LogP contribution in [0, 0.1) is 5.92 Å². The van der Waals surface area contributed by atoms with E-state index in [1.54, 1.807) is 24.3 Å². The Hall–Kier alpha value is -2.09. The molecule has 1 unspecified atom stereocenters. The second-order valence-electron chi connectivity index (χ2n) is 5.89. The molecule has 8 heteroatoms. The Bertz CT molecular complexity index is 683. The highest BCUT2D eigenvalue weighted by Crippen LogP contribution is 2.22. The lowest BCUT2D eigenvalue weighted by molar-refractivity contribution is -0.137. The summed E-state index contributed by atoms with van der Waals surface area (Å²) >= 11 is 0. The van der Waals surface area contributed by atoms with Gasteiger partial charge < -0.3 is 15.2 Å². The summed E-state index contributed by atoms with van der Waals surface area (Å²) in [5.41, 5.74) is 0.610. The van der Waals surface area contributed by atoms with Crippen molar-refractivity contribution in [3.05, 3.63) is 24.3 Å². The molecule has 1 aliphatic heterocycles. The van der Waals surface area contributed by atoms with Crippen molar-refractivity contribution in [3.8, 4) is 5.75 Å². The molecule has 7 nitrogen and oxygen atoms in total. The minimum Gasteiger partial charge on any atom is -0.494 e. The number of carboxylic acids is 1. The number of carbonyl (C=O) groups is 2. The molecule has 132 valence electrons. The molecular formula is C16H21NO6S. The number of hydrogen-bond donors (Lipinski definition) is 2. The first kappa shape index (κ1) is 18.3. The molecule has 1 aromatic carbocycles. The quantitative estimate of drug-likeness (QED) is 0.687. The normalized spacial score (nSPS) is 18.9. The van der Waals surface area contributed by atoms with Gasteiger partial charge in [0.25, 0.3) is 0 Å². The Balaban J connectivity index is 1.74. The average molecular weight is 355 g/mol. The van der Waals surface area contributed by atoms with E-state index in [-0.39, 0.29) is 36.2 Å². The smallest absolute Gasteiger partial charge is 0.303 e. The molecule has 0 bridgehead atoms. The first-order chi connectivity index (χ1) is 11.3. The van der Waals surface area contributed by atoms with Crippen LogP contribution in [0.25, 0.3) is 0 Å². The molecule has 0 spiro atoms. The third-order valence-corrected chi connectivity index (χ3v) is 5.58. The number of carbonyl (C=O) groups excluding carboxylic acids is 1. The number of aliphatic carboxylic acids is 1. The molecule has 1 heterocycles. The van der Waals surface area contributed by atoms with Crippen LogP contribution in [0.15, 0.2) is 24.3 Å². The lowest BCUT2D eigenvalue weighted by atomic mass is 10.1. The lowest BCUT2D eigenvalue weighted by Crippen LogP contribution is -2.17. The monoisotopic (exact) mass is 355 g/mol. The third-order valence-electron chi connectivity index (χ3n) is 3.74. The van der Waals surface area contributed by atoms with Crippen LogP contribution in [0.4, 0.5) is 5.69 Å². The summed E-state index contributed by atoms with van der Waals surface area (Å²) in [4.78, 5) is 22.3. The number of sulfone groups is 1. The van der Waals surface area contributed by atoms with Crippen molar-refractivity contribution >= 4 is 27.4 Å². The zero-order chi connectivity index (χ0) is 17.6. The maximum Gasteiger partial charge on any atom is 0.303 e. The largest absolute Gasteiger partial charge is 0.494 e. The number of hydrogen-bond acceptors (Lipinski definition) is 5. The van der Waals surface area contributed by atoms with Crippen LogP contribution in [-0.4, -0.2) is 43.5 Å². The molecule has 0 saturated carbocycles. The van der Waals surface area contributed by atoms with Crippen LogP contribution in [0.3, 0.4) is 0 Å². The Morgan fingerprint density at radius 2 is 1.96 bits per heavy atom. The van der Waals surface area contributed by atoms with E-state index in [9.17, 15) is 18.0 Å². The van der Waals surface area contributed by atoms with Crippen molar-refractivity contribution in [2.75, 3.05) is 23.4 Å². The van der Waals surface area contributed by atoms with Gasteiger partial charge in [-0.1, -0.05) is 0 Å². The van der Waals surface area contributed by atoms with Crippen LogP contribution in [0.2, 0.25) is 0 Å². The summed E-state index contributed by atoms with van der Waals surface area (Å²) in [6.45, 7) is 0.314. The van der Waals surface area contributed by atoms with Gasteiger partial charge in [-0.3, -0.25) is 9.59 Å². The van der Waals surface area contributed by atoms with E-state index in [0.29, 0.717) is 30.9 Å². The minimum atomic E-state index is -2.97. The fourth-order valence-corrected chi connectivity index (χ4v) is 4.42. The number of nitrogens with one attached hydrogen (secondary N) is 1. The van der Waals surface area contributed by atoms with E-state index in [4.69, 9.17) is 9.84 Å². The van der Waals surface area contributed by atoms with E-state index < -0.39 is 15.8 Å². The van der Waals surface area contributed by atoms with Gasteiger partial charge in [-0.15, -0.1) is 0 Å². The highest BCUT2D eigenvalue weighted by molar-refractivity contribution is 7.91. The molecule has 2 N–H and O–H groups in total. The van der Waals surface area contributed by atoms with E-state index in [2.05, 4.69) is 5.32 Å². The van der Waals surface area contributed by atoms with Crippen molar-refractivity contribution in [1.29, 1.82) is 0 Å². The van der Waals surface area contributed by atoms with Gasteiger partial charge in [-0.25, -0.2) is 8.42 Å². The summed E-state index contributed by atoms with van der Waals surface area (Å²) in [6, 6.07) is 6.76. The van der Waals surface area contributed by atoms with E-state index in [0.717, 1.165) is 0 Å². The number of amides is 1. The summed E-state index contributed by atoms with van der Waals surface area (Å²) in [7, 11) is -2.97. The fraction of sp³-hybridized carbons (Fsp3) is 0.500. The summed E-state index contributed by atoms with van der Waals surface area (Å²) in [5.74, 6) is -0.311. The third kappa shape index (κ3) is 6.19. The van der Waals surface area contributed by atoms with Gasteiger partial charge in [0.05, 0.1) is 18.1 Å². The van der Waals surface area contributed by atoms with Crippen LogP contribution in [0.1, 0.15) is 25.7 Å². The highest BCUT2D eigenvalue weighted by atomic mass is 32.2. The SMILES string of the molecule is O=C(O)CCCOc1ccc(NC(=O)CC2CCS(=O)(=O)C2)cc1. The lowest BCUT2D eigenvalue weighted by Gasteiger charge is -2.10. The number of rotatable bonds is 8. The molecule has 1 amide bonds. The number of benzene rings is 1. The molecule has 1 aromatic rings. The van der Waals surface area contributed by atoms with Gasteiger partial charge in [0.15, 0.2) is 9.84 Å². The molecule has 24 heavy (non-hydrogen) atoms. The van der Waals surface area contributed by atoms with Gasteiger partial charge in [-0.2, -0.15) is 0 Å². The Labute approximate surface area is 140 Å². The molecule has 1 atom stereocenters. The van der Waals surface area contributed by atoms with Gasteiger partial charge in [0.1, 0.15) is 5.75 Å². The number of anilines is 1. The summed E-state index contributed by atoms with van der Waals surface area (Å²) in [6.07, 6.45) is 1.23. The Morgan fingerprint density at radius 3 is 2.54 bits per heavy atom. The van der Waals surface area contributed by atoms with Crippen molar-refractivity contribution in [3.63, 3.8) is 0 Å². The standard InChI is InChI=1S/C16H21NO6S/c18-15(10-12-7-9-24(21,22)11-12)17-13-3-5-14(6-4-13)23-8-1-2-16(19)20/h3-6,12H,1-2,7-11H2,(H,17,18)(H,19,20). The topological polar surface area (TPSA) is 110 Å². The van der Waals surface area contributed by atoms with Crippen LogP contribution in [-0.2, 0) is 19.4 Å². The predicted molar refractivity (Wildman–Crippen MR) is 88.8 cm³/mol. The zero-order valence-electron chi connectivity index (χ0n) is 13.2. The fourth-order valence-electron chi connectivity index (χ4n) is 2.56. The maximum atomic E-state index is 11.9. The molecule has 1 saturated heterocycles. The van der Waals surface area contributed by atoms with Gasteiger partial charge in [0, 0.05) is 18.5 Å². The van der Waals surface area contributed by atoms with Crippen LogP contribution in [0.5, 0.6) is 5.75 Å². The Morgan fingerprint density at radius 1 is 1.25 bits per heavy atom. The molecular weight excluding hydrogens is 334 g/mol. The average Bonchev–Trinajstić information content (AvgIpc) is 2.84. The van der Waals surface area contributed by atoms with E-state index >= 15 is 0 Å². The van der Waals surface area contributed by atoms with Gasteiger partial charge >= 0.3 is 5.97 Å². The Kier molecular flexibility index (Phi) is 6.19. The molecule has 1 fully saturated rings. The number of ether oxygens (including phenoxy) is 1. The summed E-state index contributed by atoms with van der Waals surface area (Å²) < 4.78 is 28.2. The van der Waals surface area contributed by atoms with Crippen molar-refractivity contribution in [2.24, 2.45) is 5.92 Å². The maximum absolute atomic E-state index is 11.9. The second-order valence-corrected chi connectivity index (χ2v) is 8.12. The van der Waals surface area contributed by atoms with Crippen molar-refractivity contribution < 1.29 is 27.9 Å². The van der Waals surface area contributed by atoms with E-state index in [1.807, 2.05) is 0 Å². The highest BCUT2D eigenvalue weighted by Gasteiger charge is 2.29. The molecule has 2 rings (SSSR count). The predicted octanol–water partition coefficient (Wildman–Crippen LogP) is 1.69. The molecule has 0 radical (unpaired) electrons. The van der Waals surface area contributed by atoms with Crippen LogP contribution >= 0.6 is 0 Å². The van der Waals surface area contributed by atoms with Crippen molar-refractivity contribution in [2.45, 2.75) is 25.7 Å². The van der Waals surface area contributed by atoms with Crippen molar-refractivity contribution in [1.82, 2.24) is 0 Å². The molecule has 0 aromatic heterocycles. The number of carboxylic acid groups (broad SMARTS) is 1. The first-order valence-corrected chi connectivity index (χ1v) is 9.61. The van der Waals surface area contributed by atoms with Crippen LogP contribution < -0.4 is 10.1 Å².